The first-order valence-corrected chi connectivity index (χ1v) is 11.7. The average Bonchev–Trinajstić information content (AvgIpc) is 3.55. The Morgan fingerprint density at radius 3 is 2.63 bits per heavy atom. The largest absolute Gasteiger partial charge is 0.344 e. The molecular weight excluding hydrogens is 469 g/mol. The van der Waals surface area contributed by atoms with Crippen molar-refractivity contribution >= 4 is 28.9 Å². The third kappa shape index (κ3) is 6.67. The Bertz CT molecular complexity index is 1310. The maximum atomic E-state index is 13.5. The Hall–Kier alpha value is -4.18. The summed E-state index contributed by atoms with van der Waals surface area (Å²) in [5, 5.41) is 11.8. The van der Waals surface area contributed by atoms with Gasteiger partial charge in [0.25, 0.3) is 5.91 Å². The van der Waals surface area contributed by atoms with E-state index in [-0.39, 0.29) is 25.3 Å². The molecule has 0 aliphatic heterocycles. The predicted molar refractivity (Wildman–Crippen MR) is 129 cm³/mol. The first-order chi connectivity index (χ1) is 17.0. The van der Waals surface area contributed by atoms with Gasteiger partial charge in [0.15, 0.2) is 0 Å². The summed E-state index contributed by atoms with van der Waals surface area (Å²) in [6, 6.07) is 14.1. The first kappa shape index (κ1) is 24.0. The van der Waals surface area contributed by atoms with E-state index in [9.17, 15) is 18.8 Å². The number of amides is 2. The molecule has 0 aliphatic carbocycles. The Morgan fingerprint density at radius 1 is 1.06 bits per heavy atom. The second-order valence-electron chi connectivity index (χ2n) is 7.72. The minimum Gasteiger partial charge on any atom is -0.344 e. The van der Waals surface area contributed by atoms with Gasteiger partial charge in [0.2, 0.25) is 11.7 Å². The lowest BCUT2D eigenvalue weighted by molar-refractivity contribution is -0.140. The zero-order valence-corrected chi connectivity index (χ0v) is 19.4. The number of hydrogen-bond donors (Lipinski definition) is 2. The number of benzene rings is 2. The molecule has 178 valence electrons. The lowest BCUT2D eigenvalue weighted by Crippen LogP contribution is -2.49. The van der Waals surface area contributed by atoms with Crippen molar-refractivity contribution in [2.24, 2.45) is 0 Å². The first-order valence-electron chi connectivity index (χ1n) is 10.8. The molecule has 0 bridgehead atoms. The molecule has 0 saturated heterocycles. The van der Waals surface area contributed by atoms with Gasteiger partial charge >= 0.3 is 0 Å². The van der Waals surface area contributed by atoms with Crippen LogP contribution in [0.5, 0.6) is 0 Å². The van der Waals surface area contributed by atoms with E-state index in [1.807, 2.05) is 30.3 Å². The number of aromatic nitrogens is 3. The van der Waals surface area contributed by atoms with Crippen molar-refractivity contribution in [1.82, 2.24) is 25.4 Å². The fraction of sp³-hybridized carbons (Fsp3) is 0.160. The van der Waals surface area contributed by atoms with Crippen LogP contribution >= 0.6 is 11.3 Å². The van der Waals surface area contributed by atoms with Gasteiger partial charge < -0.3 is 10.6 Å². The summed E-state index contributed by atoms with van der Waals surface area (Å²) in [4.78, 5) is 42.3. The molecule has 0 saturated carbocycles. The highest BCUT2D eigenvalue weighted by Gasteiger charge is 2.27. The molecule has 1 atom stereocenters. The third-order valence-corrected chi connectivity index (χ3v) is 5.92. The van der Waals surface area contributed by atoms with Crippen molar-refractivity contribution in [1.29, 1.82) is 0 Å². The standard InChI is InChI=1S/C25H22FN5O3S/c26-20-8-4-7-18(12-20)19-13-29-31(15-19)16-22(32)30-21(11-17-5-2-1-3-6-17)24(33)25(34)28-14-23-27-9-10-35-23/h1-10,12-13,15,21H,11,14,16H2,(H,28,34)(H,30,32)/t21-/m1/s1. The number of carbonyl (C=O) groups is 3. The molecule has 0 fully saturated rings. The molecule has 2 aromatic carbocycles. The van der Waals surface area contributed by atoms with E-state index >= 15 is 0 Å². The van der Waals surface area contributed by atoms with Gasteiger partial charge in [-0.1, -0.05) is 42.5 Å². The minimum absolute atomic E-state index is 0.129. The molecule has 0 unspecified atom stereocenters. The van der Waals surface area contributed by atoms with Gasteiger partial charge in [-0.15, -0.1) is 11.3 Å². The Morgan fingerprint density at radius 2 is 1.89 bits per heavy atom. The summed E-state index contributed by atoms with van der Waals surface area (Å²) in [5.74, 6) is -2.40. The van der Waals surface area contributed by atoms with Crippen molar-refractivity contribution in [3.63, 3.8) is 0 Å². The van der Waals surface area contributed by atoms with Gasteiger partial charge in [-0.05, 0) is 23.3 Å². The maximum Gasteiger partial charge on any atom is 0.289 e. The Kier molecular flexibility index (Phi) is 7.74. The predicted octanol–water partition coefficient (Wildman–Crippen LogP) is 2.76. The molecule has 4 rings (SSSR count). The number of nitrogens with zero attached hydrogens (tertiary/aromatic N) is 3. The fourth-order valence-electron chi connectivity index (χ4n) is 3.45. The van der Waals surface area contributed by atoms with E-state index in [0.717, 1.165) is 5.56 Å². The molecule has 35 heavy (non-hydrogen) atoms. The number of thiazole rings is 1. The number of rotatable bonds is 10. The van der Waals surface area contributed by atoms with Crippen molar-refractivity contribution in [2.75, 3.05) is 0 Å². The zero-order valence-electron chi connectivity index (χ0n) is 18.6. The molecular formula is C25H22FN5O3S. The summed E-state index contributed by atoms with van der Waals surface area (Å²) in [5.41, 5.74) is 2.08. The lowest BCUT2D eigenvalue weighted by Gasteiger charge is -2.17. The highest BCUT2D eigenvalue weighted by molar-refractivity contribution is 7.09. The van der Waals surface area contributed by atoms with Crippen LogP contribution in [0.3, 0.4) is 0 Å². The van der Waals surface area contributed by atoms with Crippen LogP contribution in [-0.2, 0) is 33.9 Å². The molecule has 10 heteroatoms. The quantitative estimate of drug-likeness (QED) is 0.332. The number of halogens is 1. The molecule has 0 spiro atoms. The van der Waals surface area contributed by atoms with E-state index in [1.165, 1.54) is 34.3 Å². The molecule has 2 aromatic heterocycles. The van der Waals surface area contributed by atoms with Crippen LogP contribution in [0.25, 0.3) is 11.1 Å². The topological polar surface area (TPSA) is 106 Å². The van der Waals surface area contributed by atoms with E-state index < -0.39 is 23.6 Å². The van der Waals surface area contributed by atoms with Gasteiger partial charge in [-0.2, -0.15) is 5.10 Å². The third-order valence-electron chi connectivity index (χ3n) is 5.14. The van der Waals surface area contributed by atoms with Crippen LogP contribution in [0.1, 0.15) is 10.6 Å². The van der Waals surface area contributed by atoms with Crippen LogP contribution in [0.15, 0.2) is 78.6 Å². The Labute approximate surface area is 204 Å². The lowest BCUT2D eigenvalue weighted by atomic mass is 10.0. The summed E-state index contributed by atoms with van der Waals surface area (Å²) in [6.45, 7) is -0.0427. The average molecular weight is 492 g/mol. The minimum atomic E-state index is -1.06. The van der Waals surface area contributed by atoms with Crippen LogP contribution in [-0.4, -0.2) is 38.4 Å². The van der Waals surface area contributed by atoms with Crippen LogP contribution in [0, 0.1) is 5.82 Å². The number of carbonyl (C=O) groups excluding carboxylic acids is 3. The van der Waals surface area contributed by atoms with Crippen LogP contribution < -0.4 is 10.6 Å². The monoisotopic (exact) mass is 491 g/mol. The number of Topliss-reactive ketones (excluding diaryl/α,β-unsaturated/α-hetero) is 1. The van der Waals surface area contributed by atoms with Crippen molar-refractivity contribution < 1.29 is 18.8 Å². The van der Waals surface area contributed by atoms with E-state index in [0.29, 0.717) is 16.1 Å². The summed E-state index contributed by atoms with van der Waals surface area (Å²) >= 11 is 1.36. The van der Waals surface area contributed by atoms with Crippen molar-refractivity contribution in [3.8, 4) is 11.1 Å². The Balaban J connectivity index is 1.42. The highest BCUT2D eigenvalue weighted by Crippen LogP contribution is 2.19. The van der Waals surface area contributed by atoms with Gasteiger partial charge in [0.05, 0.1) is 12.7 Å². The van der Waals surface area contributed by atoms with Gasteiger partial charge in [-0.3, -0.25) is 19.1 Å². The maximum absolute atomic E-state index is 13.5. The van der Waals surface area contributed by atoms with Gasteiger partial charge in [-0.25, -0.2) is 9.37 Å². The summed E-state index contributed by atoms with van der Waals surface area (Å²) < 4.78 is 14.9. The molecule has 2 N–H and O–H groups in total. The second-order valence-corrected chi connectivity index (χ2v) is 8.70. The van der Waals surface area contributed by atoms with Crippen LogP contribution in [0.4, 0.5) is 4.39 Å². The number of nitrogens with one attached hydrogen (secondary N) is 2. The molecule has 2 amide bonds. The van der Waals surface area contributed by atoms with E-state index in [2.05, 4.69) is 20.7 Å². The number of hydrogen-bond acceptors (Lipinski definition) is 6. The van der Waals surface area contributed by atoms with Crippen molar-refractivity contribution in [3.05, 3.63) is 95.0 Å². The molecule has 0 radical (unpaired) electrons. The summed E-state index contributed by atoms with van der Waals surface area (Å²) in [6.07, 6.45) is 4.91. The van der Waals surface area contributed by atoms with E-state index in [4.69, 9.17) is 0 Å². The van der Waals surface area contributed by atoms with Crippen molar-refractivity contribution in [2.45, 2.75) is 25.6 Å². The van der Waals surface area contributed by atoms with Crippen LogP contribution in [0.2, 0.25) is 0 Å². The molecule has 0 aliphatic rings. The highest BCUT2D eigenvalue weighted by atomic mass is 32.1. The molecule has 2 heterocycles. The smallest absolute Gasteiger partial charge is 0.289 e. The fourth-order valence-corrected chi connectivity index (χ4v) is 4.01. The zero-order chi connectivity index (χ0) is 24.6. The van der Waals surface area contributed by atoms with E-state index in [1.54, 1.807) is 29.9 Å². The SMILES string of the molecule is O=C(Cn1cc(-c2cccc(F)c2)cn1)N[C@H](Cc1ccccc1)C(=O)C(=O)NCc1nccs1. The summed E-state index contributed by atoms with van der Waals surface area (Å²) in [7, 11) is 0. The molecule has 4 aromatic rings. The van der Waals surface area contributed by atoms with Gasteiger partial charge in [0.1, 0.15) is 23.4 Å². The normalized spacial score (nSPS) is 11.6. The van der Waals surface area contributed by atoms with Gasteiger partial charge in [0, 0.05) is 29.8 Å². The molecule has 8 nitrogen and oxygen atoms in total. The second kappa shape index (κ2) is 11.3. The number of ketones is 1.